The number of carbonyl (C=O) groups excluding carboxylic acids is 1. The van der Waals surface area contributed by atoms with Crippen LogP contribution in [0.2, 0.25) is 0 Å². The molecule has 0 aliphatic heterocycles. The summed E-state index contributed by atoms with van der Waals surface area (Å²) in [5.74, 6) is -1.18. The van der Waals surface area contributed by atoms with Crippen LogP contribution in [0, 0.1) is 13.8 Å². The molecule has 2 N–H and O–H groups in total. The smallest absolute Gasteiger partial charge is 0.280 e. The fraction of sp³-hybridized carbons (Fsp3) is 0.0800. The van der Waals surface area contributed by atoms with E-state index in [1.165, 1.54) is 6.20 Å². The Balaban J connectivity index is 1.49. The molecule has 2 aromatic carbocycles. The molecule has 3 heterocycles. The maximum Gasteiger partial charge on any atom is 0.280 e. The van der Waals surface area contributed by atoms with Gasteiger partial charge in [0.05, 0.1) is 29.0 Å². The molecule has 0 bridgehead atoms. The number of aromatic hydroxyl groups is 1. The Morgan fingerprint density at radius 1 is 0.912 bits per heavy atom. The van der Waals surface area contributed by atoms with E-state index in [1.807, 2.05) is 50.2 Å². The van der Waals surface area contributed by atoms with Gasteiger partial charge >= 0.3 is 0 Å². The van der Waals surface area contributed by atoms with E-state index in [2.05, 4.69) is 20.5 Å². The van der Waals surface area contributed by atoms with Crippen LogP contribution in [0.1, 0.15) is 21.7 Å². The van der Waals surface area contributed by atoms with Gasteiger partial charge in [-0.25, -0.2) is 9.67 Å². The lowest BCUT2D eigenvalue weighted by atomic mass is 10.2. The summed E-state index contributed by atoms with van der Waals surface area (Å²) in [7, 11) is 0. The number of carbonyl (C=O) groups is 1. The summed E-state index contributed by atoms with van der Waals surface area (Å²) in [6.45, 7) is 3.74. The second-order valence-electron chi connectivity index (χ2n) is 7.85. The molecule has 0 fully saturated rings. The molecule has 34 heavy (non-hydrogen) atoms. The molecule has 0 saturated carbocycles. The van der Waals surface area contributed by atoms with E-state index in [-0.39, 0.29) is 5.69 Å². The third kappa shape index (κ3) is 3.79. The number of nitrogens with one attached hydrogen (secondary N) is 1. The zero-order chi connectivity index (χ0) is 23.8. The van der Waals surface area contributed by atoms with Crippen LogP contribution in [0.15, 0.2) is 77.7 Å². The summed E-state index contributed by atoms with van der Waals surface area (Å²) in [5.41, 5.74) is 3.26. The van der Waals surface area contributed by atoms with Crippen LogP contribution < -0.4 is 10.9 Å². The number of anilines is 1. The number of hydrogen-bond donors (Lipinski definition) is 2. The van der Waals surface area contributed by atoms with E-state index in [0.717, 1.165) is 33.1 Å². The first-order chi connectivity index (χ1) is 16.4. The number of rotatable bonds is 4. The first-order valence-corrected chi connectivity index (χ1v) is 10.5. The lowest BCUT2D eigenvalue weighted by Crippen LogP contribution is -2.25. The van der Waals surface area contributed by atoms with E-state index in [9.17, 15) is 14.7 Å². The maximum atomic E-state index is 12.9. The molecule has 3 aromatic heterocycles. The van der Waals surface area contributed by atoms with Gasteiger partial charge in [-0.3, -0.25) is 9.59 Å². The van der Waals surface area contributed by atoms with Crippen LogP contribution in [0.3, 0.4) is 0 Å². The standard InChI is InChI=1S/C25H20N6O3/c1-15-7-6-10-19(11-15)30-22(33)13-21(32)23(29-30)25(34)27-17-12-20-16(2)28-31(24(20)26-14-17)18-8-4-3-5-9-18/h3-14,32H,1-2H3,(H,27,34). The average molecular weight is 452 g/mol. The summed E-state index contributed by atoms with van der Waals surface area (Å²) in [5, 5.41) is 22.4. The summed E-state index contributed by atoms with van der Waals surface area (Å²) in [6.07, 6.45) is 1.51. The Morgan fingerprint density at radius 3 is 2.44 bits per heavy atom. The fourth-order valence-electron chi connectivity index (χ4n) is 3.71. The van der Waals surface area contributed by atoms with Crippen molar-refractivity contribution in [3.05, 3.63) is 100 Å². The molecule has 1 amide bonds. The normalized spacial score (nSPS) is 11.0. The topological polar surface area (TPSA) is 115 Å². The molecule has 5 aromatic rings. The molecule has 0 atom stereocenters. The molecule has 0 aliphatic rings. The largest absolute Gasteiger partial charge is 0.505 e. The van der Waals surface area contributed by atoms with Crippen LogP contribution in [0.25, 0.3) is 22.4 Å². The van der Waals surface area contributed by atoms with Gasteiger partial charge in [-0.15, -0.1) is 0 Å². The first kappa shape index (κ1) is 21.1. The molecule has 5 rings (SSSR count). The molecule has 9 nitrogen and oxygen atoms in total. The zero-order valence-corrected chi connectivity index (χ0v) is 18.4. The molecule has 0 aliphatic carbocycles. The molecule has 0 spiro atoms. The minimum absolute atomic E-state index is 0.280. The highest BCUT2D eigenvalue weighted by Crippen LogP contribution is 2.24. The SMILES string of the molecule is Cc1cccc(-n2nc(C(=O)Nc3cnc4c(c3)c(C)nn4-c3ccccc3)c(O)cc2=O)c1. The second kappa shape index (κ2) is 8.28. The van der Waals surface area contributed by atoms with Gasteiger partial charge in [0.1, 0.15) is 0 Å². The highest BCUT2D eigenvalue weighted by atomic mass is 16.3. The van der Waals surface area contributed by atoms with Crippen molar-refractivity contribution < 1.29 is 9.90 Å². The Hall–Kier alpha value is -4.79. The monoisotopic (exact) mass is 452 g/mol. The lowest BCUT2D eigenvalue weighted by molar-refractivity contribution is 0.101. The van der Waals surface area contributed by atoms with E-state index in [4.69, 9.17) is 0 Å². The highest BCUT2D eigenvalue weighted by molar-refractivity contribution is 6.05. The summed E-state index contributed by atoms with van der Waals surface area (Å²) in [4.78, 5) is 29.8. The number of hydrogen-bond acceptors (Lipinski definition) is 6. The Bertz CT molecular complexity index is 1600. The number of amides is 1. The quantitative estimate of drug-likeness (QED) is 0.431. The lowest BCUT2D eigenvalue weighted by Gasteiger charge is -2.10. The van der Waals surface area contributed by atoms with Crippen molar-refractivity contribution in [2.24, 2.45) is 0 Å². The van der Waals surface area contributed by atoms with Crippen LogP contribution in [-0.4, -0.2) is 35.6 Å². The van der Waals surface area contributed by atoms with E-state index in [0.29, 0.717) is 17.0 Å². The molecular formula is C25H20N6O3. The van der Waals surface area contributed by atoms with Crippen molar-refractivity contribution in [3.8, 4) is 17.1 Å². The van der Waals surface area contributed by atoms with Gasteiger partial charge in [0, 0.05) is 11.5 Å². The third-order valence-corrected chi connectivity index (χ3v) is 5.34. The summed E-state index contributed by atoms with van der Waals surface area (Å²) in [6, 6.07) is 19.5. The number of fused-ring (bicyclic) bond motifs is 1. The van der Waals surface area contributed by atoms with Gasteiger partial charge in [-0.05, 0) is 49.7 Å². The Kier molecular flexibility index (Phi) is 5.14. The van der Waals surface area contributed by atoms with E-state index in [1.54, 1.807) is 28.9 Å². The number of para-hydroxylation sites is 1. The molecule has 9 heteroatoms. The van der Waals surface area contributed by atoms with E-state index < -0.39 is 17.2 Å². The average Bonchev–Trinajstić information content (AvgIpc) is 3.15. The van der Waals surface area contributed by atoms with Crippen molar-refractivity contribution in [3.63, 3.8) is 0 Å². The number of aromatic nitrogens is 5. The van der Waals surface area contributed by atoms with Gasteiger partial charge in [-0.2, -0.15) is 14.9 Å². The third-order valence-electron chi connectivity index (χ3n) is 5.34. The Morgan fingerprint density at radius 2 is 1.68 bits per heavy atom. The minimum Gasteiger partial charge on any atom is -0.505 e. The van der Waals surface area contributed by atoms with Crippen LogP contribution in [0.5, 0.6) is 5.75 Å². The van der Waals surface area contributed by atoms with E-state index >= 15 is 0 Å². The highest BCUT2D eigenvalue weighted by Gasteiger charge is 2.18. The van der Waals surface area contributed by atoms with Gasteiger partial charge < -0.3 is 10.4 Å². The van der Waals surface area contributed by atoms with Crippen molar-refractivity contribution in [1.82, 2.24) is 24.5 Å². The zero-order valence-electron chi connectivity index (χ0n) is 18.4. The summed E-state index contributed by atoms with van der Waals surface area (Å²) >= 11 is 0. The van der Waals surface area contributed by atoms with Crippen molar-refractivity contribution in [2.45, 2.75) is 13.8 Å². The van der Waals surface area contributed by atoms with Crippen LogP contribution in [0.4, 0.5) is 5.69 Å². The van der Waals surface area contributed by atoms with Crippen LogP contribution >= 0.6 is 0 Å². The predicted molar refractivity (Wildman–Crippen MR) is 128 cm³/mol. The molecule has 0 radical (unpaired) electrons. The number of pyridine rings is 1. The van der Waals surface area contributed by atoms with Gasteiger partial charge in [0.15, 0.2) is 17.1 Å². The number of benzene rings is 2. The first-order valence-electron chi connectivity index (χ1n) is 10.5. The number of aryl methyl sites for hydroxylation is 2. The number of nitrogens with zero attached hydrogens (tertiary/aromatic N) is 5. The maximum absolute atomic E-state index is 12.9. The van der Waals surface area contributed by atoms with Crippen molar-refractivity contribution in [1.29, 1.82) is 0 Å². The van der Waals surface area contributed by atoms with Crippen molar-refractivity contribution in [2.75, 3.05) is 5.32 Å². The van der Waals surface area contributed by atoms with Gasteiger partial charge in [-0.1, -0.05) is 30.3 Å². The predicted octanol–water partition coefficient (Wildman–Crippen LogP) is 3.54. The minimum atomic E-state index is -0.673. The van der Waals surface area contributed by atoms with Gasteiger partial charge in [0.2, 0.25) is 0 Å². The van der Waals surface area contributed by atoms with Gasteiger partial charge in [0.25, 0.3) is 11.5 Å². The molecule has 168 valence electrons. The van der Waals surface area contributed by atoms with Crippen LogP contribution in [-0.2, 0) is 0 Å². The molecular weight excluding hydrogens is 432 g/mol. The summed E-state index contributed by atoms with van der Waals surface area (Å²) < 4.78 is 2.82. The second-order valence-corrected chi connectivity index (χ2v) is 7.85. The Labute approximate surface area is 193 Å². The van der Waals surface area contributed by atoms with Crippen molar-refractivity contribution >= 4 is 22.6 Å². The molecule has 0 saturated heterocycles. The molecule has 0 unspecified atom stereocenters. The fourth-order valence-corrected chi connectivity index (χ4v) is 3.71.